The normalized spacial score (nSPS) is 10.5. The molecule has 2 amide bonds. The maximum absolute atomic E-state index is 11.7. The van der Waals surface area contributed by atoms with Gasteiger partial charge in [-0.05, 0) is 46.6 Å². The third-order valence-electron chi connectivity index (χ3n) is 2.34. The van der Waals surface area contributed by atoms with Gasteiger partial charge in [0, 0.05) is 6.07 Å². The second-order valence-electron chi connectivity index (χ2n) is 3.81. The Hall–Kier alpha value is -2.73. The van der Waals surface area contributed by atoms with Crippen molar-refractivity contribution in [1.82, 2.24) is 5.32 Å². The van der Waals surface area contributed by atoms with Crippen molar-refractivity contribution in [3.05, 3.63) is 43.9 Å². The van der Waals surface area contributed by atoms with Gasteiger partial charge >= 0.3 is 6.09 Å². The largest absolute Gasteiger partial charge is 0.450 e. The molecule has 0 bridgehead atoms. The summed E-state index contributed by atoms with van der Waals surface area (Å²) >= 11 is 3.03. The number of amides is 2. The quantitative estimate of drug-likeness (QED) is 0.377. The van der Waals surface area contributed by atoms with Gasteiger partial charge < -0.3 is 4.74 Å². The Balaban J connectivity index is 3.00. The molecular weight excluding hydrogens is 358 g/mol. The SMILES string of the molecule is CCOC(=O)NC(=O)/C(C#N)=C/c1ccc([N+](=O)[O-])c(Br)c1. The lowest BCUT2D eigenvalue weighted by molar-refractivity contribution is -0.385. The van der Waals surface area contributed by atoms with Crippen LogP contribution in [0.25, 0.3) is 6.08 Å². The number of benzene rings is 1. The van der Waals surface area contributed by atoms with Crippen LogP contribution in [0, 0.1) is 21.4 Å². The number of alkyl carbamates (subject to hydrolysis) is 1. The number of nitro groups is 1. The van der Waals surface area contributed by atoms with E-state index in [9.17, 15) is 19.7 Å². The molecule has 0 saturated heterocycles. The van der Waals surface area contributed by atoms with Gasteiger partial charge in [-0.25, -0.2) is 4.79 Å². The zero-order valence-corrected chi connectivity index (χ0v) is 12.9. The Morgan fingerprint density at radius 1 is 1.55 bits per heavy atom. The van der Waals surface area contributed by atoms with Gasteiger partial charge in [0.25, 0.3) is 11.6 Å². The topological polar surface area (TPSA) is 122 Å². The first kappa shape index (κ1) is 17.3. The van der Waals surface area contributed by atoms with E-state index in [0.29, 0.717) is 5.56 Å². The lowest BCUT2D eigenvalue weighted by Crippen LogP contribution is -2.31. The van der Waals surface area contributed by atoms with Crippen LogP contribution in [0.5, 0.6) is 0 Å². The van der Waals surface area contributed by atoms with Crippen molar-refractivity contribution >= 4 is 39.7 Å². The lowest BCUT2D eigenvalue weighted by atomic mass is 10.1. The molecule has 0 atom stereocenters. The zero-order valence-electron chi connectivity index (χ0n) is 11.3. The molecule has 0 spiro atoms. The minimum Gasteiger partial charge on any atom is -0.450 e. The van der Waals surface area contributed by atoms with Crippen LogP contribution in [0.15, 0.2) is 28.2 Å². The van der Waals surface area contributed by atoms with Crippen molar-refractivity contribution in [2.75, 3.05) is 6.61 Å². The van der Waals surface area contributed by atoms with Crippen LogP contribution in [0.4, 0.5) is 10.5 Å². The van der Waals surface area contributed by atoms with E-state index in [1.807, 2.05) is 5.32 Å². The van der Waals surface area contributed by atoms with Gasteiger partial charge in [-0.15, -0.1) is 0 Å². The number of hydrogen-bond acceptors (Lipinski definition) is 6. The average molecular weight is 368 g/mol. The van der Waals surface area contributed by atoms with Crippen molar-refractivity contribution in [2.24, 2.45) is 0 Å². The smallest absolute Gasteiger partial charge is 0.414 e. The molecule has 0 heterocycles. The monoisotopic (exact) mass is 367 g/mol. The number of carbonyl (C=O) groups is 2. The molecule has 1 rings (SSSR count). The number of ether oxygens (including phenoxy) is 1. The predicted octanol–water partition coefficient (Wildman–Crippen LogP) is 2.54. The maximum atomic E-state index is 11.7. The first-order valence-electron chi connectivity index (χ1n) is 5.92. The van der Waals surface area contributed by atoms with E-state index in [1.165, 1.54) is 24.3 Å². The summed E-state index contributed by atoms with van der Waals surface area (Å²) in [6.07, 6.45) is 0.238. The van der Waals surface area contributed by atoms with Gasteiger partial charge in [-0.1, -0.05) is 0 Å². The first-order valence-corrected chi connectivity index (χ1v) is 6.72. The Labute approximate surface area is 133 Å². The lowest BCUT2D eigenvalue weighted by Gasteiger charge is -2.03. The van der Waals surface area contributed by atoms with E-state index in [2.05, 4.69) is 20.7 Å². The Morgan fingerprint density at radius 3 is 2.73 bits per heavy atom. The van der Waals surface area contributed by atoms with Gasteiger partial charge in [0.2, 0.25) is 0 Å². The van der Waals surface area contributed by atoms with E-state index >= 15 is 0 Å². The molecule has 0 unspecified atom stereocenters. The first-order chi connectivity index (χ1) is 10.4. The fraction of sp³-hybridized carbons (Fsp3) is 0.154. The predicted molar refractivity (Wildman–Crippen MR) is 79.6 cm³/mol. The van der Waals surface area contributed by atoms with Gasteiger partial charge in [0.05, 0.1) is 16.0 Å². The number of halogens is 1. The van der Waals surface area contributed by atoms with Crippen LogP contribution < -0.4 is 5.32 Å². The standard InChI is InChI=1S/C13H10BrN3O5/c1-2-22-13(19)16-12(18)9(7-15)5-8-3-4-11(17(20)21)10(14)6-8/h3-6H,2H2,1H3,(H,16,18,19)/b9-5+. The van der Waals surface area contributed by atoms with Crippen LogP contribution in [-0.2, 0) is 9.53 Å². The van der Waals surface area contributed by atoms with E-state index < -0.39 is 16.9 Å². The minimum atomic E-state index is -0.960. The number of imide groups is 1. The van der Waals surface area contributed by atoms with E-state index in [1.54, 1.807) is 13.0 Å². The van der Waals surface area contributed by atoms with Crippen molar-refractivity contribution in [2.45, 2.75) is 6.92 Å². The molecule has 0 saturated carbocycles. The van der Waals surface area contributed by atoms with Crippen LogP contribution in [0.2, 0.25) is 0 Å². The summed E-state index contributed by atoms with van der Waals surface area (Å²) in [6.45, 7) is 1.65. The third kappa shape index (κ3) is 4.68. The molecule has 22 heavy (non-hydrogen) atoms. The molecular formula is C13H10BrN3O5. The third-order valence-corrected chi connectivity index (χ3v) is 2.97. The summed E-state index contributed by atoms with van der Waals surface area (Å²) in [7, 11) is 0. The van der Waals surface area contributed by atoms with Crippen molar-refractivity contribution in [3.63, 3.8) is 0 Å². The van der Waals surface area contributed by atoms with Crippen LogP contribution >= 0.6 is 15.9 Å². The highest BCUT2D eigenvalue weighted by Crippen LogP contribution is 2.26. The molecule has 0 fully saturated rings. The molecule has 1 aromatic rings. The molecule has 0 aliphatic rings. The van der Waals surface area contributed by atoms with E-state index in [0.717, 1.165) is 0 Å². The van der Waals surface area contributed by atoms with Crippen LogP contribution in [0.3, 0.4) is 0 Å². The van der Waals surface area contributed by atoms with E-state index in [-0.39, 0.29) is 22.3 Å². The second-order valence-corrected chi connectivity index (χ2v) is 4.67. The molecule has 9 heteroatoms. The molecule has 114 valence electrons. The molecule has 0 aliphatic carbocycles. The fourth-order valence-electron chi connectivity index (χ4n) is 1.40. The van der Waals surface area contributed by atoms with Crippen molar-refractivity contribution in [3.8, 4) is 6.07 Å². The van der Waals surface area contributed by atoms with Gasteiger partial charge in [0.1, 0.15) is 11.6 Å². The molecule has 8 nitrogen and oxygen atoms in total. The number of nitro benzene ring substituents is 1. The summed E-state index contributed by atoms with van der Waals surface area (Å²) < 4.78 is 4.73. The highest BCUT2D eigenvalue weighted by atomic mass is 79.9. The number of nitrogens with one attached hydrogen (secondary N) is 1. The fourth-order valence-corrected chi connectivity index (χ4v) is 1.94. The zero-order chi connectivity index (χ0) is 16.7. The Kier molecular flexibility index (Phi) is 6.22. The Morgan fingerprint density at radius 2 is 2.23 bits per heavy atom. The summed E-state index contributed by atoms with van der Waals surface area (Å²) in [5.74, 6) is -0.921. The van der Waals surface area contributed by atoms with Gasteiger partial charge in [-0.2, -0.15) is 5.26 Å². The minimum absolute atomic E-state index is 0.0833. The molecule has 0 radical (unpaired) electrons. The Bertz CT molecular complexity index is 693. The average Bonchev–Trinajstić information content (AvgIpc) is 2.44. The number of hydrogen-bond donors (Lipinski definition) is 1. The highest BCUT2D eigenvalue weighted by molar-refractivity contribution is 9.10. The van der Waals surface area contributed by atoms with Crippen LogP contribution in [0.1, 0.15) is 12.5 Å². The molecule has 1 aromatic carbocycles. The van der Waals surface area contributed by atoms with Crippen LogP contribution in [-0.4, -0.2) is 23.5 Å². The van der Waals surface area contributed by atoms with Gasteiger partial charge in [-0.3, -0.25) is 20.2 Å². The highest BCUT2D eigenvalue weighted by Gasteiger charge is 2.15. The number of carbonyl (C=O) groups excluding carboxylic acids is 2. The summed E-state index contributed by atoms with van der Waals surface area (Å²) in [4.78, 5) is 32.9. The molecule has 0 aliphatic heterocycles. The van der Waals surface area contributed by atoms with E-state index in [4.69, 9.17) is 5.26 Å². The summed E-state index contributed by atoms with van der Waals surface area (Å²) in [6, 6.07) is 5.63. The summed E-state index contributed by atoms with van der Waals surface area (Å²) in [5.41, 5.74) is -0.103. The number of nitrogens with zero attached hydrogens (tertiary/aromatic N) is 2. The second kappa shape index (κ2) is 7.90. The number of rotatable bonds is 4. The maximum Gasteiger partial charge on any atom is 0.414 e. The van der Waals surface area contributed by atoms with Crippen molar-refractivity contribution < 1.29 is 19.2 Å². The number of nitriles is 1. The summed E-state index contributed by atoms with van der Waals surface area (Å²) in [5, 5.41) is 21.5. The molecule has 1 N–H and O–H groups in total. The van der Waals surface area contributed by atoms with Gasteiger partial charge in [0.15, 0.2) is 0 Å². The van der Waals surface area contributed by atoms with Crippen molar-refractivity contribution in [1.29, 1.82) is 5.26 Å². The molecule has 0 aromatic heterocycles.